The third kappa shape index (κ3) is 5.43. The van der Waals surface area contributed by atoms with Gasteiger partial charge in [-0.05, 0) is 37.3 Å². The van der Waals surface area contributed by atoms with E-state index in [2.05, 4.69) is 12.2 Å². The van der Waals surface area contributed by atoms with Crippen LogP contribution in [-0.2, 0) is 0 Å². The van der Waals surface area contributed by atoms with Gasteiger partial charge in [0.1, 0.15) is 0 Å². The van der Waals surface area contributed by atoms with Gasteiger partial charge in [-0.15, -0.1) is 12.4 Å². The highest BCUT2D eigenvalue weighted by molar-refractivity contribution is 6.32. The molecule has 0 saturated heterocycles. The zero-order valence-corrected chi connectivity index (χ0v) is 15.7. The predicted molar refractivity (Wildman–Crippen MR) is 98.7 cm³/mol. The summed E-state index contributed by atoms with van der Waals surface area (Å²) in [6.07, 6.45) is 4.20. The quantitative estimate of drug-likeness (QED) is 0.647. The smallest absolute Gasteiger partial charge is 0.251 e. The topological polar surface area (TPSA) is 73.6 Å². The van der Waals surface area contributed by atoms with E-state index >= 15 is 0 Å². The highest BCUT2D eigenvalue weighted by Crippen LogP contribution is 2.37. The summed E-state index contributed by atoms with van der Waals surface area (Å²) in [6, 6.07) is 3.29. The van der Waals surface area contributed by atoms with Crippen molar-refractivity contribution in [3.63, 3.8) is 0 Å². The van der Waals surface area contributed by atoms with Crippen LogP contribution in [0.2, 0.25) is 5.02 Å². The summed E-state index contributed by atoms with van der Waals surface area (Å²) in [7, 11) is 1.53. The molecule has 136 valence electrons. The zero-order valence-electron chi connectivity index (χ0n) is 14.1. The Labute approximate surface area is 154 Å². The molecule has 1 aliphatic carbocycles. The lowest BCUT2D eigenvalue weighted by molar-refractivity contribution is 0.0933. The molecule has 1 aromatic rings. The molecule has 5 nitrogen and oxygen atoms in total. The van der Waals surface area contributed by atoms with Gasteiger partial charge in [-0.25, -0.2) is 0 Å². The molecule has 2 rings (SSSR count). The Hall–Kier alpha value is -1.17. The first kappa shape index (κ1) is 20.9. The number of carbonyl (C=O) groups excluding carboxylic acids is 1. The molecule has 0 aromatic heterocycles. The predicted octanol–water partition coefficient (Wildman–Crippen LogP) is 3.42. The van der Waals surface area contributed by atoms with Crippen molar-refractivity contribution in [3.05, 3.63) is 22.7 Å². The molecule has 1 amide bonds. The fourth-order valence-corrected chi connectivity index (χ4v) is 2.69. The lowest BCUT2D eigenvalue weighted by Gasteiger charge is -2.18. The fourth-order valence-electron chi connectivity index (χ4n) is 2.43. The van der Waals surface area contributed by atoms with Crippen LogP contribution in [0.4, 0.5) is 0 Å². The standard InChI is InChI=1S/C17H25ClN2O3.ClH/c1-3-4-7-23-16-13(18)8-12(9-15(16)22-2)17(21)20-14(10-19)11-5-6-11;/h8-9,11,14H,3-7,10,19H2,1-2H3,(H,20,21);1H. The van der Waals surface area contributed by atoms with E-state index in [0.717, 1.165) is 25.7 Å². The Bertz CT molecular complexity index is 551. The van der Waals surface area contributed by atoms with Crippen molar-refractivity contribution in [2.45, 2.75) is 38.6 Å². The number of carbonyl (C=O) groups is 1. The van der Waals surface area contributed by atoms with Gasteiger partial charge in [-0.2, -0.15) is 0 Å². The van der Waals surface area contributed by atoms with E-state index in [0.29, 0.717) is 41.2 Å². The average Bonchev–Trinajstić information content (AvgIpc) is 3.38. The van der Waals surface area contributed by atoms with Crippen LogP contribution in [0.15, 0.2) is 12.1 Å². The van der Waals surface area contributed by atoms with Gasteiger partial charge in [0.2, 0.25) is 0 Å². The Balaban J connectivity index is 0.00000288. The van der Waals surface area contributed by atoms with Crippen molar-refractivity contribution in [1.82, 2.24) is 5.32 Å². The monoisotopic (exact) mass is 376 g/mol. The number of rotatable bonds is 9. The zero-order chi connectivity index (χ0) is 16.8. The lowest BCUT2D eigenvalue weighted by Crippen LogP contribution is -2.41. The van der Waals surface area contributed by atoms with E-state index < -0.39 is 0 Å². The SMILES string of the molecule is CCCCOc1c(Cl)cc(C(=O)NC(CN)C2CC2)cc1OC.Cl. The Kier molecular flexibility index (Phi) is 8.67. The normalized spacial score (nSPS) is 14.5. The highest BCUT2D eigenvalue weighted by atomic mass is 35.5. The maximum absolute atomic E-state index is 12.4. The summed E-state index contributed by atoms with van der Waals surface area (Å²) in [5, 5.41) is 3.35. The van der Waals surface area contributed by atoms with E-state index in [-0.39, 0.29) is 24.4 Å². The minimum atomic E-state index is -0.187. The minimum absolute atomic E-state index is 0. The molecular weight excluding hydrogens is 351 g/mol. The molecule has 0 radical (unpaired) electrons. The van der Waals surface area contributed by atoms with E-state index in [9.17, 15) is 4.79 Å². The molecule has 3 N–H and O–H groups in total. The summed E-state index contributed by atoms with van der Waals surface area (Å²) in [5.41, 5.74) is 6.19. The summed E-state index contributed by atoms with van der Waals surface area (Å²) in [5.74, 6) is 1.26. The molecule has 0 spiro atoms. The third-order valence-corrected chi connectivity index (χ3v) is 4.28. The second kappa shape index (κ2) is 9.97. The Morgan fingerprint density at radius 2 is 2.17 bits per heavy atom. The Morgan fingerprint density at radius 1 is 1.46 bits per heavy atom. The Morgan fingerprint density at radius 3 is 2.71 bits per heavy atom. The number of hydrogen-bond acceptors (Lipinski definition) is 4. The summed E-state index contributed by atoms with van der Waals surface area (Å²) >= 11 is 6.27. The van der Waals surface area contributed by atoms with Crippen molar-refractivity contribution >= 4 is 29.9 Å². The molecule has 1 unspecified atom stereocenters. The van der Waals surface area contributed by atoms with Crippen LogP contribution in [0, 0.1) is 5.92 Å². The van der Waals surface area contributed by atoms with Gasteiger partial charge in [0.05, 0.1) is 18.7 Å². The number of methoxy groups -OCH3 is 1. The second-order valence-electron chi connectivity index (χ2n) is 5.84. The first-order chi connectivity index (χ1) is 11.1. The van der Waals surface area contributed by atoms with Crippen LogP contribution in [-0.4, -0.2) is 32.2 Å². The van der Waals surface area contributed by atoms with E-state index in [1.54, 1.807) is 12.1 Å². The average molecular weight is 377 g/mol. The number of nitrogens with one attached hydrogen (secondary N) is 1. The molecule has 1 saturated carbocycles. The lowest BCUT2D eigenvalue weighted by atomic mass is 10.1. The van der Waals surface area contributed by atoms with E-state index in [1.807, 2.05) is 0 Å². The van der Waals surface area contributed by atoms with Crippen LogP contribution in [0.25, 0.3) is 0 Å². The molecule has 1 aliphatic rings. The molecule has 24 heavy (non-hydrogen) atoms. The maximum Gasteiger partial charge on any atom is 0.251 e. The second-order valence-corrected chi connectivity index (χ2v) is 6.25. The molecule has 1 aromatic carbocycles. The van der Waals surface area contributed by atoms with Crippen LogP contribution < -0.4 is 20.5 Å². The van der Waals surface area contributed by atoms with Gasteiger partial charge >= 0.3 is 0 Å². The largest absolute Gasteiger partial charge is 0.493 e. The van der Waals surface area contributed by atoms with Crippen LogP contribution >= 0.6 is 24.0 Å². The number of unbranched alkanes of at least 4 members (excludes halogenated alkanes) is 1. The number of benzene rings is 1. The van der Waals surface area contributed by atoms with Crippen molar-refractivity contribution in [2.24, 2.45) is 11.7 Å². The van der Waals surface area contributed by atoms with E-state index in [4.69, 9.17) is 26.8 Å². The van der Waals surface area contributed by atoms with E-state index in [1.165, 1.54) is 7.11 Å². The molecule has 7 heteroatoms. The molecule has 0 aliphatic heterocycles. The molecule has 0 bridgehead atoms. The van der Waals surface area contributed by atoms with Gasteiger partial charge in [-0.1, -0.05) is 24.9 Å². The molecule has 0 heterocycles. The molecule has 1 fully saturated rings. The number of halogens is 2. The van der Waals surface area contributed by atoms with Gasteiger partial charge in [-0.3, -0.25) is 4.79 Å². The summed E-state index contributed by atoms with van der Waals surface area (Å²) in [6.45, 7) is 3.10. The summed E-state index contributed by atoms with van der Waals surface area (Å²) in [4.78, 5) is 12.4. The van der Waals surface area contributed by atoms with Crippen LogP contribution in [0.5, 0.6) is 11.5 Å². The van der Waals surface area contributed by atoms with Crippen molar-refractivity contribution in [2.75, 3.05) is 20.3 Å². The first-order valence-electron chi connectivity index (χ1n) is 8.12. The fraction of sp³-hybridized carbons (Fsp3) is 0.588. The van der Waals surface area contributed by atoms with Gasteiger partial charge < -0.3 is 20.5 Å². The number of hydrogen-bond donors (Lipinski definition) is 2. The van der Waals surface area contributed by atoms with Gasteiger partial charge in [0.25, 0.3) is 5.91 Å². The minimum Gasteiger partial charge on any atom is -0.493 e. The van der Waals surface area contributed by atoms with Gasteiger partial charge in [0.15, 0.2) is 11.5 Å². The van der Waals surface area contributed by atoms with Crippen molar-refractivity contribution in [3.8, 4) is 11.5 Å². The number of ether oxygens (including phenoxy) is 2. The van der Waals surface area contributed by atoms with Crippen LogP contribution in [0.1, 0.15) is 43.0 Å². The number of nitrogens with two attached hydrogens (primary N) is 1. The molecule has 1 atom stereocenters. The summed E-state index contributed by atoms with van der Waals surface area (Å²) < 4.78 is 11.0. The third-order valence-electron chi connectivity index (χ3n) is 4.00. The first-order valence-corrected chi connectivity index (χ1v) is 8.49. The van der Waals surface area contributed by atoms with Crippen LogP contribution in [0.3, 0.4) is 0 Å². The highest BCUT2D eigenvalue weighted by Gasteiger charge is 2.31. The number of amides is 1. The maximum atomic E-state index is 12.4. The van der Waals surface area contributed by atoms with Gasteiger partial charge in [0, 0.05) is 18.2 Å². The molecular formula is C17H26Cl2N2O3. The van der Waals surface area contributed by atoms with Crippen molar-refractivity contribution < 1.29 is 14.3 Å². The van der Waals surface area contributed by atoms with Crippen molar-refractivity contribution in [1.29, 1.82) is 0 Å².